The molecule has 1 aliphatic heterocycles. The summed E-state index contributed by atoms with van der Waals surface area (Å²) in [6.07, 6.45) is 0. The van der Waals surface area contributed by atoms with Gasteiger partial charge in [0.2, 0.25) is 0 Å². The summed E-state index contributed by atoms with van der Waals surface area (Å²) in [5, 5.41) is 2.38. The van der Waals surface area contributed by atoms with Gasteiger partial charge in [-0.3, -0.25) is 0 Å². The number of nitrogens with zero attached hydrogens (tertiary/aromatic N) is 1. The third-order valence-corrected chi connectivity index (χ3v) is 1.20. The van der Waals surface area contributed by atoms with E-state index in [2.05, 4.69) is 5.32 Å². The van der Waals surface area contributed by atoms with Gasteiger partial charge in [0, 0.05) is 27.4 Å². The highest BCUT2D eigenvalue weighted by molar-refractivity contribution is 5.76. The third kappa shape index (κ3) is 1.15. The monoisotopic (exact) mass is 134 g/mol. The predicted molar refractivity (Wildman–Crippen MR) is 35.2 cm³/mol. The Morgan fingerprint density at radius 2 is 2.67 bits per heavy atom. The lowest BCUT2D eigenvalue weighted by Gasteiger charge is -2.17. The lowest BCUT2D eigenvalue weighted by atomic mass is 10.3. The Bertz CT molecular complexity index is 245. The van der Waals surface area contributed by atoms with Crippen LogP contribution in [0.5, 0.6) is 0 Å². The third-order valence-electron chi connectivity index (χ3n) is 1.20. The van der Waals surface area contributed by atoms with Crippen molar-refractivity contribution in [1.29, 1.82) is 0 Å². The van der Waals surface area contributed by atoms with Crippen molar-refractivity contribution in [1.82, 2.24) is 10.2 Å². The molecule has 0 bridgehead atoms. The van der Waals surface area contributed by atoms with Crippen LogP contribution in [-0.4, -0.2) is 30.1 Å². The van der Waals surface area contributed by atoms with Crippen LogP contribution in [-0.2, 0) is 0 Å². The van der Waals surface area contributed by atoms with Crippen LogP contribution in [0, 0.1) is 0 Å². The van der Waals surface area contributed by atoms with Gasteiger partial charge in [-0.15, -0.1) is 0 Å². The molecule has 0 aromatic heterocycles. The molecule has 0 saturated carbocycles. The Labute approximate surface area is 63.5 Å². The van der Waals surface area contributed by atoms with Crippen LogP contribution in [0.15, 0.2) is 0 Å². The van der Waals surface area contributed by atoms with E-state index < -0.39 is 25.8 Å². The lowest BCUT2D eigenvalue weighted by molar-refractivity contribution is 0.206. The maximum absolute atomic E-state index is 11.2. The number of hydrogen-bond donors (Lipinski definition) is 1. The SMILES string of the molecule is [2H]C([2H])([2H])C(N1CCNC1=O)C([2H])([2H])[2H]. The van der Waals surface area contributed by atoms with Gasteiger partial charge in [0.15, 0.2) is 0 Å². The zero-order chi connectivity index (χ0) is 11.9. The minimum absolute atomic E-state index is 0.111. The van der Waals surface area contributed by atoms with E-state index in [-0.39, 0.29) is 13.1 Å². The van der Waals surface area contributed by atoms with Crippen molar-refractivity contribution < 1.29 is 13.0 Å². The van der Waals surface area contributed by atoms with Crippen LogP contribution in [0.4, 0.5) is 4.79 Å². The molecule has 0 atom stereocenters. The van der Waals surface area contributed by atoms with Crippen molar-refractivity contribution in [3.05, 3.63) is 0 Å². The molecule has 0 unspecified atom stereocenters. The van der Waals surface area contributed by atoms with Gasteiger partial charge >= 0.3 is 6.03 Å². The van der Waals surface area contributed by atoms with Crippen LogP contribution in [0.25, 0.3) is 0 Å². The highest BCUT2D eigenvalue weighted by atomic mass is 16.2. The lowest BCUT2D eigenvalue weighted by Crippen LogP contribution is -2.33. The first-order chi connectivity index (χ1) is 6.64. The van der Waals surface area contributed by atoms with Crippen molar-refractivity contribution in [3.8, 4) is 0 Å². The predicted octanol–water partition coefficient (Wildman–Crippen LogP) is 0.420. The highest BCUT2D eigenvalue weighted by Crippen LogP contribution is 2.01. The Morgan fingerprint density at radius 3 is 3.11 bits per heavy atom. The van der Waals surface area contributed by atoms with Crippen molar-refractivity contribution in [2.24, 2.45) is 0 Å². The molecule has 0 aliphatic carbocycles. The average molecular weight is 134 g/mol. The average Bonchev–Trinajstić information content (AvgIpc) is 2.30. The number of nitrogens with one attached hydrogen (secondary N) is 1. The number of hydrogen-bond acceptors (Lipinski definition) is 1. The Morgan fingerprint density at radius 1 is 1.89 bits per heavy atom. The fraction of sp³-hybridized carbons (Fsp3) is 0.833. The molecule has 3 nitrogen and oxygen atoms in total. The molecule has 0 aromatic carbocycles. The zero-order valence-electron chi connectivity index (χ0n) is 10.8. The van der Waals surface area contributed by atoms with Gasteiger partial charge in [-0.05, 0) is 13.7 Å². The van der Waals surface area contributed by atoms with E-state index in [1.54, 1.807) is 0 Å². The molecule has 2 amide bonds. The molecule has 0 radical (unpaired) electrons. The first kappa shape index (κ1) is 2.15. The molecule has 9 heavy (non-hydrogen) atoms. The van der Waals surface area contributed by atoms with Gasteiger partial charge in [-0.25, -0.2) is 4.79 Å². The molecule has 0 aromatic rings. The summed E-state index contributed by atoms with van der Waals surface area (Å²) in [5.41, 5.74) is 0. The van der Waals surface area contributed by atoms with E-state index in [1.807, 2.05) is 0 Å². The van der Waals surface area contributed by atoms with E-state index in [9.17, 15) is 4.79 Å². The van der Waals surface area contributed by atoms with Gasteiger partial charge in [0.05, 0.1) is 0 Å². The Balaban J connectivity index is 2.96. The molecule has 3 heteroatoms. The summed E-state index contributed by atoms with van der Waals surface area (Å²) in [4.78, 5) is 12.1. The number of carbonyl (C=O) groups excluding carboxylic acids is 1. The van der Waals surface area contributed by atoms with Gasteiger partial charge in [-0.2, -0.15) is 0 Å². The van der Waals surface area contributed by atoms with Crippen molar-refractivity contribution in [2.75, 3.05) is 13.1 Å². The van der Waals surface area contributed by atoms with Crippen LogP contribution < -0.4 is 5.32 Å². The standard InChI is InChI=1S/C6H12N2O/c1-5(2)8-4-3-7-6(8)9/h5H,3-4H2,1-2H3,(H,7,9)/i1D3,2D3. The Kier molecular flexibility index (Phi) is 0.537. The van der Waals surface area contributed by atoms with Gasteiger partial charge < -0.3 is 10.2 Å². The van der Waals surface area contributed by atoms with Crippen molar-refractivity contribution in [3.63, 3.8) is 0 Å². The van der Waals surface area contributed by atoms with Crippen molar-refractivity contribution in [2.45, 2.75) is 19.7 Å². The van der Waals surface area contributed by atoms with Gasteiger partial charge in [0.25, 0.3) is 0 Å². The first-order valence-electron chi connectivity index (χ1n) is 5.68. The maximum atomic E-state index is 11.2. The molecule has 1 rings (SSSR count). The fourth-order valence-electron chi connectivity index (χ4n) is 0.733. The number of amides is 2. The van der Waals surface area contributed by atoms with E-state index in [1.165, 1.54) is 0 Å². The molecule has 1 N–H and O–H groups in total. The summed E-state index contributed by atoms with van der Waals surface area (Å²) >= 11 is 0. The smallest absolute Gasteiger partial charge is 0.317 e. The number of rotatable bonds is 1. The summed E-state index contributed by atoms with van der Waals surface area (Å²) in [6, 6.07) is -2.36. The normalized spacial score (nSPS) is 31.7. The van der Waals surface area contributed by atoms with Crippen molar-refractivity contribution >= 4 is 6.03 Å². The molecule has 52 valence electrons. The summed E-state index contributed by atoms with van der Waals surface area (Å²) in [6.45, 7) is -5.01. The van der Waals surface area contributed by atoms with E-state index in [0.29, 0.717) is 0 Å². The quantitative estimate of drug-likeness (QED) is 0.554. The minimum atomic E-state index is -2.70. The molecular weight excluding hydrogens is 116 g/mol. The second kappa shape index (κ2) is 2.25. The molecule has 1 fully saturated rings. The second-order valence-corrected chi connectivity index (χ2v) is 1.83. The molecule has 1 heterocycles. The first-order valence-corrected chi connectivity index (χ1v) is 2.68. The molecule has 1 saturated heterocycles. The Hall–Kier alpha value is -0.730. The van der Waals surface area contributed by atoms with Crippen LogP contribution in [0.1, 0.15) is 21.9 Å². The maximum Gasteiger partial charge on any atom is 0.317 e. The zero-order valence-corrected chi connectivity index (χ0v) is 4.85. The topological polar surface area (TPSA) is 32.3 Å². The molecule has 1 aliphatic rings. The van der Waals surface area contributed by atoms with Crippen LogP contribution in [0.2, 0.25) is 0 Å². The summed E-state index contributed by atoms with van der Waals surface area (Å²) in [7, 11) is 0. The summed E-state index contributed by atoms with van der Waals surface area (Å²) in [5.74, 6) is 0. The largest absolute Gasteiger partial charge is 0.336 e. The minimum Gasteiger partial charge on any atom is -0.336 e. The molecule has 0 spiro atoms. The van der Waals surface area contributed by atoms with Crippen LogP contribution >= 0.6 is 0 Å². The van der Waals surface area contributed by atoms with E-state index in [4.69, 9.17) is 8.22 Å². The van der Waals surface area contributed by atoms with Gasteiger partial charge in [-0.1, -0.05) is 0 Å². The summed E-state index contributed by atoms with van der Waals surface area (Å²) < 4.78 is 42.9. The van der Waals surface area contributed by atoms with E-state index >= 15 is 0 Å². The van der Waals surface area contributed by atoms with Gasteiger partial charge in [0.1, 0.15) is 0 Å². The fourth-order valence-corrected chi connectivity index (χ4v) is 0.733. The second-order valence-electron chi connectivity index (χ2n) is 1.83. The highest BCUT2D eigenvalue weighted by Gasteiger charge is 2.20. The molecular formula is C6H12N2O. The number of urea groups is 1. The number of carbonyl (C=O) groups is 1. The van der Waals surface area contributed by atoms with Crippen LogP contribution in [0.3, 0.4) is 0 Å². The van der Waals surface area contributed by atoms with E-state index in [0.717, 1.165) is 4.90 Å².